The van der Waals surface area contributed by atoms with Crippen molar-refractivity contribution in [2.45, 2.75) is 58.0 Å². The zero-order valence-electron chi connectivity index (χ0n) is 15.3. The van der Waals surface area contributed by atoms with Gasteiger partial charge in [0.1, 0.15) is 15.7 Å². The Morgan fingerprint density at radius 2 is 2.07 bits per heavy atom. The van der Waals surface area contributed by atoms with E-state index in [0.717, 1.165) is 62.3 Å². The molecule has 2 aromatic heterocycles. The fraction of sp³-hybridized carbons (Fsp3) is 0.667. The first kappa shape index (κ1) is 18.9. The van der Waals surface area contributed by atoms with E-state index < -0.39 is 11.1 Å². The van der Waals surface area contributed by atoms with Crippen LogP contribution in [0.1, 0.15) is 41.9 Å². The van der Waals surface area contributed by atoms with Crippen LogP contribution in [0.5, 0.6) is 0 Å². The van der Waals surface area contributed by atoms with Gasteiger partial charge >= 0.3 is 6.18 Å². The van der Waals surface area contributed by atoms with Gasteiger partial charge in [-0.25, -0.2) is 9.97 Å². The van der Waals surface area contributed by atoms with Gasteiger partial charge in [-0.3, -0.25) is 4.90 Å². The van der Waals surface area contributed by atoms with Crippen molar-refractivity contribution in [2.24, 2.45) is 5.41 Å². The lowest BCUT2D eigenvalue weighted by Gasteiger charge is -2.29. The van der Waals surface area contributed by atoms with Crippen molar-refractivity contribution in [3.8, 4) is 0 Å². The van der Waals surface area contributed by atoms with Crippen LogP contribution in [0.25, 0.3) is 0 Å². The number of hydrogen-bond acceptors (Lipinski definition) is 5. The number of halogens is 3. The normalized spacial score (nSPS) is 21.9. The molecule has 3 heterocycles. The summed E-state index contributed by atoms with van der Waals surface area (Å²) in [6.45, 7) is 6.02. The molecule has 2 aromatic rings. The molecular formula is C18H24F3N5S. The quantitative estimate of drug-likeness (QED) is 0.807. The number of imidazole rings is 1. The van der Waals surface area contributed by atoms with Crippen molar-refractivity contribution >= 4 is 11.3 Å². The van der Waals surface area contributed by atoms with Crippen molar-refractivity contribution in [2.75, 3.05) is 13.1 Å². The van der Waals surface area contributed by atoms with Gasteiger partial charge in [-0.15, -0.1) is 11.3 Å². The first-order chi connectivity index (χ1) is 12.9. The predicted octanol–water partition coefficient (Wildman–Crippen LogP) is 3.52. The Morgan fingerprint density at radius 3 is 2.74 bits per heavy atom. The van der Waals surface area contributed by atoms with E-state index in [1.54, 1.807) is 6.20 Å². The lowest BCUT2D eigenvalue weighted by atomic mass is 9.93. The van der Waals surface area contributed by atoms with E-state index in [1.807, 2.05) is 6.20 Å². The van der Waals surface area contributed by atoms with Gasteiger partial charge < -0.3 is 9.88 Å². The van der Waals surface area contributed by atoms with Gasteiger partial charge in [-0.05, 0) is 44.7 Å². The van der Waals surface area contributed by atoms with Gasteiger partial charge in [0, 0.05) is 25.0 Å². The average Bonchev–Trinajstić information content (AvgIpc) is 3.02. The summed E-state index contributed by atoms with van der Waals surface area (Å²) in [4.78, 5) is 10.2. The molecule has 1 atom stereocenters. The number of alkyl halides is 3. The van der Waals surface area contributed by atoms with Crippen LogP contribution in [0, 0.1) is 5.41 Å². The Labute approximate surface area is 160 Å². The summed E-state index contributed by atoms with van der Waals surface area (Å²) in [5.41, 5.74) is 0.305. The van der Waals surface area contributed by atoms with Gasteiger partial charge in [-0.1, -0.05) is 0 Å². The molecule has 1 aliphatic carbocycles. The molecule has 1 aliphatic heterocycles. The number of thiazole rings is 1. The van der Waals surface area contributed by atoms with E-state index in [-0.39, 0.29) is 0 Å². The minimum Gasteiger partial charge on any atom is -0.334 e. The smallest absolute Gasteiger partial charge is 0.334 e. The molecule has 1 unspecified atom stereocenters. The summed E-state index contributed by atoms with van der Waals surface area (Å²) >= 11 is 0.754. The first-order valence-corrected chi connectivity index (χ1v) is 10.2. The molecule has 27 heavy (non-hydrogen) atoms. The van der Waals surface area contributed by atoms with Crippen LogP contribution in [0.15, 0.2) is 18.6 Å². The molecule has 2 aliphatic rings. The van der Waals surface area contributed by atoms with Gasteiger partial charge in [0.2, 0.25) is 0 Å². The fourth-order valence-electron chi connectivity index (χ4n) is 4.23. The third kappa shape index (κ3) is 3.90. The van der Waals surface area contributed by atoms with Crippen LogP contribution in [0.3, 0.4) is 0 Å². The molecule has 0 radical (unpaired) electrons. The number of nitrogens with one attached hydrogen (secondary N) is 1. The molecule has 1 saturated carbocycles. The SMILES string of the molecule is CCn1ccnc1CN(Cc1ncc(C(F)(F)F)s1)C1CC12CCNCC2. The maximum atomic E-state index is 12.9. The molecule has 1 N–H and O–H groups in total. The largest absolute Gasteiger partial charge is 0.427 e. The zero-order valence-corrected chi connectivity index (χ0v) is 16.1. The number of aromatic nitrogens is 3. The van der Waals surface area contributed by atoms with Crippen LogP contribution in [0.2, 0.25) is 0 Å². The number of piperidine rings is 1. The molecule has 9 heteroatoms. The minimum absolute atomic E-state index is 0.305. The molecule has 148 valence electrons. The Morgan fingerprint density at radius 1 is 1.30 bits per heavy atom. The molecule has 0 bridgehead atoms. The van der Waals surface area contributed by atoms with Crippen LogP contribution in [0.4, 0.5) is 13.2 Å². The molecule has 1 spiro atoms. The van der Waals surface area contributed by atoms with Crippen LogP contribution in [-0.4, -0.2) is 38.6 Å². The molecule has 2 fully saturated rings. The van der Waals surface area contributed by atoms with Crippen molar-refractivity contribution in [1.29, 1.82) is 0 Å². The van der Waals surface area contributed by atoms with Crippen molar-refractivity contribution in [1.82, 2.24) is 24.8 Å². The highest BCUT2D eigenvalue weighted by atomic mass is 32.1. The second kappa shape index (κ2) is 7.18. The van der Waals surface area contributed by atoms with Gasteiger partial charge in [0.25, 0.3) is 0 Å². The summed E-state index contributed by atoms with van der Waals surface area (Å²) in [6.07, 6.45) is 3.73. The van der Waals surface area contributed by atoms with E-state index in [0.29, 0.717) is 29.6 Å². The number of rotatable bonds is 6. The summed E-state index contributed by atoms with van der Waals surface area (Å²) in [5.74, 6) is 0.959. The average molecular weight is 399 g/mol. The molecule has 0 amide bonds. The molecule has 0 aromatic carbocycles. The van der Waals surface area contributed by atoms with E-state index in [1.165, 1.54) is 0 Å². The standard InChI is InChI=1S/C18H24F3N5S/c1-2-25-8-7-23-15(25)11-26(13-9-17(13)3-5-22-6-4-17)12-16-24-10-14(27-16)18(19,20)21/h7-8,10,13,22H,2-6,9,11-12H2,1H3. The molecule has 5 nitrogen and oxygen atoms in total. The monoisotopic (exact) mass is 399 g/mol. The lowest BCUT2D eigenvalue weighted by Crippen LogP contribution is -2.36. The minimum atomic E-state index is -4.32. The summed E-state index contributed by atoms with van der Waals surface area (Å²) in [6, 6.07) is 0.389. The highest BCUT2D eigenvalue weighted by Gasteiger charge is 2.56. The highest BCUT2D eigenvalue weighted by Crippen LogP contribution is 2.56. The molecule has 1 saturated heterocycles. The fourth-order valence-corrected chi connectivity index (χ4v) is 5.04. The van der Waals surface area contributed by atoms with E-state index in [4.69, 9.17) is 0 Å². The Balaban J connectivity index is 1.54. The maximum Gasteiger partial charge on any atom is 0.427 e. The van der Waals surface area contributed by atoms with Crippen LogP contribution in [-0.2, 0) is 25.8 Å². The summed E-state index contributed by atoms with van der Waals surface area (Å²) in [7, 11) is 0. The molecule has 4 rings (SSSR count). The Hall–Kier alpha value is -1.45. The van der Waals surface area contributed by atoms with Gasteiger partial charge in [-0.2, -0.15) is 13.2 Å². The highest BCUT2D eigenvalue weighted by molar-refractivity contribution is 7.11. The maximum absolute atomic E-state index is 12.9. The number of aryl methyl sites for hydroxylation is 1. The van der Waals surface area contributed by atoms with Gasteiger partial charge in [0.05, 0.1) is 19.3 Å². The predicted molar refractivity (Wildman–Crippen MR) is 97.2 cm³/mol. The van der Waals surface area contributed by atoms with E-state index in [9.17, 15) is 13.2 Å². The topological polar surface area (TPSA) is 46.0 Å². The lowest BCUT2D eigenvalue weighted by molar-refractivity contribution is -0.134. The second-order valence-electron chi connectivity index (χ2n) is 7.48. The van der Waals surface area contributed by atoms with E-state index >= 15 is 0 Å². The Bertz CT molecular complexity index is 778. The van der Waals surface area contributed by atoms with Crippen LogP contribution >= 0.6 is 11.3 Å². The second-order valence-corrected chi connectivity index (χ2v) is 8.60. The Kier molecular flexibility index (Phi) is 5.02. The van der Waals surface area contributed by atoms with Gasteiger partial charge in [0.15, 0.2) is 0 Å². The summed E-state index contributed by atoms with van der Waals surface area (Å²) in [5, 5.41) is 3.92. The zero-order chi connectivity index (χ0) is 19.1. The summed E-state index contributed by atoms with van der Waals surface area (Å²) < 4.78 is 40.9. The molecular weight excluding hydrogens is 375 g/mol. The van der Waals surface area contributed by atoms with Crippen molar-refractivity contribution < 1.29 is 13.2 Å². The van der Waals surface area contributed by atoms with E-state index in [2.05, 4.69) is 31.7 Å². The third-order valence-corrected chi connectivity index (χ3v) is 6.87. The van der Waals surface area contributed by atoms with Crippen LogP contribution < -0.4 is 5.32 Å². The number of nitrogens with zero attached hydrogens (tertiary/aromatic N) is 4. The third-order valence-electron chi connectivity index (χ3n) is 5.84. The first-order valence-electron chi connectivity index (χ1n) is 9.38. The van der Waals surface area contributed by atoms with Crippen molar-refractivity contribution in [3.63, 3.8) is 0 Å². The number of hydrogen-bond donors (Lipinski definition) is 1. The van der Waals surface area contributed by atoms with Crippen molar-refractivity contribution in [3.05, 3.63) is 34.3 Å².